The first-order valence-electron chi connectivity index (χ1n) is 10.1. The summed E-state index contributed by atoms with van der Waals surface area (Å²) in [6, 6.07) is 8.47. The van der Waals surface area contributed by atoms with Crippen molar-refractivity contribution in [1.82, 2.24) is 10.4 Å². The zero-order chi connectivity index (χ0) is 21.8. The highest BCUT2D eigenvalue weighted by Gasteiger charge is 2.52. The van der Waals surface area contributed by atoms with Gasteiger partial charge in [0.1, 0.15) is 6.04 Å². The number of anilines is 1. The van der Waals surface area contributed by atoms with E-state index in [1.54, 1.807) is 22.5 Å². The molecule has 1 saturated heterocycles. The number of benzene rings is 1. The molecule has 0 aliphatic carbocycles. The van der Waals surface area contributed by atoms with Crippen molar-refractivity contribution < 1.29 is 19.6 Å². The van der Waals surface area contributed by atoms with Crippen LogP contribution in [0.1, 0.15) is 53.9 Å². The molecule has 3 N–H and O–H groups in total. The van der Waals surface area contributed by atoms with Gasteiger partial charge in [-0.25, -0.2) is 5.48 Å². The molecule has 7 heteroatoms. The van der Waals surface area contributed by atoms with Gasteiger partial charge in [0.05, 0.1) is 5.41 Å². The Bertz CT molecular complexity index is 742. The molecule has 29 heavy (non-hydrogen) atoms. The molecule has 1 aliphatic rings. The summed E-state index contributed by atoms with van der Waals surface area (Å²) in [5.74, 6) is -0.833. The maximum absolute atomic E-state index is 13.5. The summed E-state index contributed by atoms with van der Waals surface area (Å²) in [6.45, 7) is 10.2. The summed E-state index contributed by atoms with van der Waals surface area (Å²) in [7, 11) is 0. The van der Waals surface area contributed by atoms with Gasteiger partial charge in [0, 0.05) is 18.7 Å². The standard InChI is InChI=1S/C22H33N3O4/c1-15(2)13-22(14-17(26)24-29)11-12-25(20(22)28)18(21(3,4)5)19(27)23-16-9-7-6-8-10-16/h6-10,15,18,29H,11-14H2,1-5H3,(H,23,27)(H,24,26)/t18-,22+/m0/s1. The number of amides is 3. The number of hydrogen-bond donors (Lipinski definition) is 3. The predicted molar refractivity (Wildman–Crippen MR) is 111 cm³/mol. The number of carbonyl (C=O) groups is 3. The van der Waals surface area contributed by atoms with Crippen LogP contribution in [0, 0.1) is 16.7 Å². The number of nitrogens with one attached hydrogen (secondary N) is 2. The predicted octanol–water partition coefficient (Wildman–Crippen LogP) is 3.20. The third-order valence-corrected chi connectivity index (χ3v) is 5.39. The van der Waals surface area contributed by atoms with Crippen molar-refractivity contribution in [2.75, 3.05) is 11.9 Å². The summed E-state index contributed by atoms with van der Waals surface area (Å²) >= 11 is 0. The Balaban J connectivity index is 2.33. The topological polar surface area (TPSA) is 98.7 Å². The normalized spacial score (nSPS) is 20.7. The number of rotatable bonds is 7. The van der Waals surface area contributed by atoms with Gasteiger partial charge in [0.15, 0.2) is 0 Å². The van der Waals surface area contributed by atoms with Crippen LogP contribution in [0.5, 0.6) is 0 Å². The Kier molecular flexibility index (Phi) is 7.06. The van der Waals surface area contributed by atoms with E-state index in [1.807, 2.05) is 52.8 Å². The van der Waals surface area contributed by atoms with E-state index in [0.717, 1.165) is 0 Å². The first-order valence-corrected chi connectivity index (χ1v) is 10.1. The van der Waals surface area contributed by atoms with Gasteiger partial charge in [-0.15, -0.1) is 0 Å². The van der Waals surface area contributed by atoms with E-state index in [2.05, 4.69) is 5.32 Å². The molecule has 0 bridgehead atoms. The highest BCUT2D eigenvalue weighted by molar-refractivity contribution is 5.99. The third-order valence-electron chi connectivity index (χ3n) is 5.39. The van der Waals surface area contributed by atoms with Crippen molar-refractivity contribution >= 4 is 23.4 Å². The SMILES string of the molecule is CC(C)C[C@@]1(CC(=O)NO)CCN([C@@H](C(=O)Nc2ccccc2)C(C)(C)C)C1=O. The smallest absolute Gasteiger partial charge is 0.247 e. The van der Waals surface area contributed by atoms with Crippen LogP contribution >= 0.6 is 0 Å². The van der Waals surface area contributed by atoms with Crippen LogP contribution in [0.2, 0.25) is 0 Å². The Labute approximate surface area is 172 Å². The number of hydrogen-bond acceptors (Lipinski definition) is 4. The maximum atomic E-state index is 13.5. The Morgan fingerprint density at radius 2 is 1.83 bits per heavy atom. The van der Waals surface area contributed by atoms with Gasteiger partial charge in [0.25, 0.3) is 0 Å². The minimum absolute atomic E-state index is 0.0891. The molecule has 1 fully saturated rings. The second kappa shape index (κ2) is 8.95. The largest absolute Gasteiger partial charge is 0.330 e. The highest BCUT2D eigenvalue weighted by Crippen LogP contribution is 2.44. The summed E-state index contributed by atoms with van der Waals surface area (Å²) in [6.07, 6.45) is 0.906. The fourth-order valence-corrected chi connectivity index (χ4v) is 4.38. The van der Waals surface area contributed by atoms with Gasteiger partial charge >= 0.3 is 0 Å². The molecular formula is C22H33N3O4. The number of para-hydroxylation sites is 1. The van der Waals surface area contributed by atoms with Crippen molar-refractivity contribution in [2.45, 2.75) is 59.9 Å². The fourth-order valence-electron chi connectivity index (χ4n) is 4.38. The van der Waals surface area contributed by atoms with Gasteiger partial charge in [-0.2, -0.15) is 0 Å². The Morgan fingerprint density at radius 3 is 2.34 bits per heavy atom. The lowest BCUT2D eigenvalue weighted by molar-refractivity contribution is -0.148. The van der Waals surface area contributed by atoms with Gasteiger partial charge < -0.3 is 10.2 Å². The van der Waals surface area contributed by atoms with E-state index in [4.69, 9.17) is 5.21 Å². The van der Waals surface area contributed by atoms with Crippen molar-refractivity contribution in [2.24, 2.45) is 16.7 Å². The van der Waals surface area contributed by atoms with Gasteiger partial charge in [0.2, 0.25) is 17.7 Å². The van der Waals surface area contributed by atoms with E-state index < -0.39 is 22.8 Å². The number of carbonyl (C=O) groups excluding carboxylic acids is 3. The van der Waals surface area contributed by atoms with E-state index in [1.165, 1.54) is 0 Å². The van der Waals surface area contributed by atoms with Gasteiger partial charge in [-0.05, 0) is 36.3 Å². The van der Waals surface area contributed by atoms with Crippen LogP contribution in [0.25, 0.3) is 0 Å². The van der Waals surface area contributed by atoms with Crippen LogP contribution < -0.4 is 10.8 Å². The van der Waals surface area contributed by atoms with Crippen molar-refractivity contribution in [3.05, 3.63) is 30.3 Å². The van der Waals surface area contributed by atoms with E-state index >= 15 is 0 Å². The van der Waals surface area contributed by atoms with Crippen LogP contribution in [0.3, 0.4) is 0 Å². The summed E-state index contributed by atoms with van der Waals surface area (Å²) < 4.78 is 0. The van der Waals surface area contributed by atoms with Crippen molar-refractivity contribution in [3.63, 3.8) is 0 Å². The lowest BCUT2D eigenvalue weighted by Gasteiger charge is -2.38. The van der Waals surface area contributed by atoms with E-state index in [0.29, 0.717) is 25.1 Å². The average Bonchev–Trinajstić information content (AvgIpc) is 2.90. The molecular weight excluding hydrogens is 370 g/mol. The molecule has 0 unspecified atom stereocenters. The molecule has 0 spiro atoms. The van der Waals surface area contributed by atoms with Crippen molar-refractivity contribution in [1.29, 1.82) is 0 Å². The number of nitrogens with zero attached hydrogens (tertiary/aromatic N) is 1. The summed E-state index contributed by atoms with van der Waals surface area (Å²) in [5.41, 5.74) is 0.920. The molecule has 3 amide bonds. The summed E-state index contributed by atoms with van der Waals surface area (Å²) in [4.78, 5) is 40.3. The first-order chi connectivity index (χ1) is 13.5. The molecule has 1 aromatic carbocycles. The molecule has 2 rings (SSSR count). The quantitative estimate of drug-likeness (QED) is 0.481. The molecule has 0 saturated carbocycles. The molecule has 1 heterocycles. The maximum Gasteiger partial charge on any atom is 0.247 e. The van der Waals surface area contributed by atoms with E-state index in [-0.39, 0.29) is 24.2 Å². The zero-order valence-electron chi connectivity index (χ0n) is 18.0. The number of likely N-dealkylation sites (tertiary alicyclic amines) is 1. The van der Waals surface area contributed by atoms with Crippen LogP contribution in [0.15, 0.2) is 30.3 Å². The first kappa shape index (κ1) is 22.9. The van der Waals surface area contributed by atoms with Gasteiger partial charge in [-0.1, -0.05) is 52.8 Å². The minimum atomic E-state index is -0.905. The Morgan fingerprint density at radius 1 is 1.21 bits per heavy atom. The molecule has 0 radical (unpaired) electrons. The Hall–Kier alpha value is -2.41. The number of hydroxylamine groups is 1. The lowest BCUT2D eigenvalue weighted by atomic mass is 9.75. The fraction of sp³-hybridized carbons (Fsp3) is 0.591. The van der Waals surface area contributed by atoms with Crippen LogP contribution in [-0.2, 0) is 14.4 Å². The third kappa shape index (κ3) is 5.35. The van der Waals surface area contributed by atoms with Gasteiger partial charge in [-0.3, -0.25) is 19.6 Å². The molecule has 1 aromatic rings. The summed E-state index contributed by atoms with van der Waals surface area (Å²) in [5, 5.41) is 11.9. The molecule has 7 nitrogen and oxygen atoms in total. The van der Waals surface area contributed by atoms with Crippen LogP contribution in [0.4, 0.5) is 5.69 Å². The van der Waals surface area contributed by atoms with Crippen molar-refractivity contribution in [3.8, 4) is 0 Å². The second-order valence-corrected chi connectivity index (χ2v) is 9.46. The minimum Gasteiger partial charge on any atom is -0.330 e. The zero-order valence-corrected chi connectivity index (χ0v) is 18.0. The van der Waals surface area contributed by atoms with Crippen LogP contribution in [-0.4, -0.2) is 40.4 Å². The second-order valence-electron chi connectivity index (χ2n) is 9.46. The highest BCUT2D eigenvalue weighted by atomic mass is 16.5. The molecule has 160 valence electrons. The monoisotopic (exact) mass is 403 g/mol. The molecule has 0 aromatic heterocycles. The molecule has 1 aliphatic heterocycles. The molecule has 2 atom stereocenters. The lowest BCUT2D eigenvalue weighted by Crippen LogP contribution is -2.54. The van der Waals surface area contributed by atoms with E-state index in [9.17, 15) is 14.4 Å². The average molecular weight is 404 g/mol.